The van der Waals surface area contributed by atoms with Gasteiger partial charge in [0, 0.05) is 25.5 Å². The number of nitriles is 1. The number of aromatic amines is 1. The second kappa shape index (κ2) is 6.16. The summed E-state index contributed by atoms with van der Waals surface area (Å²) in [7, 11) is 0. The smallest absolute Gasteiger partial charge is 0.145 e. The van der Waals surface area contributed by atoms with E-state index in [-0.39, 0.29) is 5.92 Å². The Bertz CT molecular complexity index is 668. The average Bonchev–Trinajstić information content (AvgIpc) is 3.09. The predicted octanol–water partition coefficient (Wildman–Crippen LogP) is 1.93. The molecule has 1 atom stereocenters. The molecular weight excluding hydrogens is 278 g/mol. The number of aliphatic hydroxyl groups is 1. The van der Waals surface area contributed by atoms with Gasteiger partial charge >= 0.3 is 0 Å². The van der Waals surface area contributed by atoms with E-state index in [0.29, 0.717) is 11.5 Å². The van der Waals surface area contributed by atoms with Crippen molar-refractivity contribution < 1.29 is 5.11 Å². The zero-order valence-electron chi connectivity index (χ0n) is 12.5. The third kappa shape index (κ3) is 2.81. The molecule has 0 amide bonds. The maximum Gasteiger partial charge on any atom is 0.145 e. The van der Waals surface area contributed by atoms with Crippen LogP contribution in [0.3, 0.4) is 0 Å². The number of hydrogen-bond donors (Lipinski definition) is 2. The molecule has 1 fully saturated rings. The summed E-state index contributed by atoms with van der Waals surface area (Å²) in [6.45, 7) is 3.54. The van der Waals surface area contributed by atoms with Crippen molar-refractivity contribution in [2.24, 2.45) is 5.92 Å². The molecule has 0 radical (unpaired) electrons. The minimum atomic E-state index is -0.544. The summed E-state index contributed by atoms with van der Waals surface area (Å²) in [5, 5.41) is 19.4. The Balaban J connectivity index is 1.66. The lowest BCUT2D eigenvalue weighted by Gasteiger charge is -2.34. The Labute approximate surface area is 129 Å². The number of nitrogens with one attached hydrogen (secondary N) is 1. The SMILES string of the molecule is Cc1ccc(N2CCC(C(O)c3ncc[nH]3)CC2)nc1C#N. The van der Waals surface area contributed by atoms with Gasteiger partial charge in [0.05, 0.1) is 0 Å². The number of aliphatic hydroxyl groups excluding tert-OH is 1. The molecule has 0 bridgehead atoms. The van der Waals surface area contributed by atoms with E-state index < -0.39 is 6.10 Å². The highest BCUT2D eigenvalue weighted by Crippen LogP contribution is 2.30. The van der Waals surface area contributed by atoms with E-state index >= 15 is 0 Å². The molecule has 1 aliphatic heterocycles. The molecule has 2 aromatic rings. The lowest BCUT2D eigenvalue weighted by atomic mass is 9.91. The third-order valence-electron chi connectivity index (χ3n) is 4.30. The van der Waals surface area contributed by atoms with E-state index in [4.69, 9.17) is 5.26 Å². The first kappa shape index (κ1) is 14.5. The van der Waals surface area contributed by atoms with Crippen molar-refractivity contribution in [3.63, 3.8) is 0 Å². The van der Waals surface area contributed by atoms with Crippen LogP contribution in [0.4, 0.5) is 5.82 Å². The van der Waals surface area contributed by atoms with E-state index in [9.17, 15) is 5.11 Å². The maximum absolute atomic E-state index is 10.3. The molecule has 0 saturated carbocycles. The molecule has 6 nitrogen and oxygen atoms in total. The fourth-order valence-electron chi connectivity index (χ4n) is 2.91. The molecule has 3 rings (SSSR count). The summed E-state index contributed by atoms with van der Waals surface area (Å²) in [4.78, 5) is 13.7. The van der Waals surface area contributed by atoms with E-state index in [1.54, 1.807) is 12.4 Å². The fourth-order valence-corrected chi connectivity index (χ4v) is 2.91. The van der Waals surface area contributed by atoms with Crippen molar-refractivity contribution in [1.82, 2.24) is 15.0 Å². The van der Waals surface area contributed by atoms with Crippen LogP contribution in [0.5, 0.6) is 0 Å². The summed E-state index contributed by atoms with van der Waals surface area (Å²) >= 11 is 0. The predicted molar refractivity (Wildman–Crippen MR) is 82.2 cm³/mol. The van der Waals surface area contributed by atoms with Gasteiger partial charge in [0.2, 0.25) is 0 Å². The van der Waals surface area contributed by atoms with Gasteiger partial charge in [-0.15, -0.1) is 0 Å². The summed E-state index contributed by atoms with van der Waals surface area (Å²) < 4.78 is 0. The van der Waals surface area contributed by atoms with Crippen LogP contribution in [0, 0.1) is 24.2 Å². The van der Waals surface area contributed by atoms with Crippen LogP contribution >= 0.6 is 0 Å². The number of imidazole rings is 1. The Morgan fingerprint density at radius 2 is 2.18 bits per heavy atom. The number of hydrogen-bond acceptors (Lipinski definition) is 5. The first-order chi connectivity index (χ1) is 10.7. The molecule has 2 aromatic heterocycles. The summed E-state index contributed by atoms with van der Waals surface area (Å²) in [5.41, 5.74) is 1.38. The number of aromatic nitrogens is 3. The Hall–Kier alpha value is -2.39. The first-order valence-electron chi connectivity index (χ1n) is 7.49. The van der Waals surface area contributed by atoms with Gasteiger partial charge < -0.3 is 15.0 Å². The van der Waals surface area contributed by atoms with Gasteiger partial charge in [-0.3, -0.25) is 0 Å². The Morgan fingerprint density at radius 3 is 2.82 bits per heavy atom. The van der Waals surface area contributed by atoms with Gasteiger partial charge in [-0.2, -0.15) is 5.26 Å². The summed E-state index contributed by atoms with van der Waals surface area (Å²) in [5.74, 6) is 1.68. The molecule has 2 N–H and O–H groups in total. The molecule has 1 aliphatic rings. The van der Waals surface area contributed by atoms with Crippen molar-refractivity contribution in [2.75, 3.05) is 18.0 Å². The van der Waals surface area contributed by atoms with Gasteiger partial charge in [-0.1, -0.05) is 6.07 Å². The van der Waals surface area contributed by atoms with Crippen molar-refractivity contribution in [3.05, 3.63) is 41.6 Å². The van der Waals surface area contributed by atoms with Crippen molar-refractivity contribution >= 4 is 5.82 Å². The number of H-pyrrole nitrogens is 1. The normalized spacial score (nSPS) is 17.2. The van der Waals surface area contributed by atoms with Gasteiger partial charge in [-0.05, 0) is 37.3 Å². The van der Waals surface area contributed by atoms with Gasteiger partial charge in [0.15, 0.2) is 0 Å². The highest BCUT2D eigenvalue weighted by molar-refractivity contribution is 5.45. The number of piperidine rings is 1. The molecule has 0 aliphatic carbocycles. The average molecular weight is 297 g/mol. The topological polar surface area (TPSA) is 88.8 Å². The summed E-state index contributed by atoms with van der Waals surface area (Å²) in [6.07, 6.45) is 4.59. The van der Waals surface area contributed by atoms with E-state index in [2.05, 4.69) is 25.9 Å². The van der Waals surface area contributed by atoms with E-state index in [0.717, 1.165) is 37.3 Å². The quantitative estimate of drug-likeness (QED) is 0.903. The van der Waals surface area contributed by atoms with Crippen LogP contribution in [-0.4, -0.2) is 33.1 Å². The zero-order chi connectivity index (χ0) is 15.5. The van der Waals surface area contributed by atoms with Gasteiger partial charge in [0.25, 0.3) is 0 Å². The van der Waals surface area contributed by atoms with Crippen LogP contribution in [0.25, 0.3) is 0 Å². The molecule has 114 valence electrons. The number of rotatable bonds is 3. The largest absolute Gasteiger partial charge is 0.385 e. The second-order valence-corrected chi connectivity index (χ2v) is 5.69. The fraction of sp³-hybridized carbons (Fsp3) is 0.438. The Morgan fingerprint density at radius 1 is 1.41 bits per heavy atom. The monoisotopic (exact) mass is 297 g/mol. The third-order valence-corrected chi connectivity index (χ3v) is 4.30. The molecule has 0 spiro atoms. The second-order valence-electron chi connectivity index (χ2n) is 5.69. The molecule has 1 unspecified atom stereocenters. The van der Waals surface area contributed by atoms with Crippen LogP contribution in [-0.2, 0) is 0 Å². The van der Waals surface area contributed by atoms with Crippen LogP contribution in [0.2, 0.25) is 0 Å². The first-order valence-corrected chi connectivity index (χ1v) is 7.49. The number of nitrogens with zero attached hydrogens (tertiary/aromatic N) is 4. The van der Waals surface area contributed by atoms with E-state index in [1.165, 1.54) is 0 Å². The molecule has 22 heavy (non-hydrogen) atoms. The van der Waals surface area contributed by atoms with E-state index in [1.807, 2.05) is 19.1 Å². The van der Waals surface area contributed by atoms with Crippen LogP contribution in [0.1, 0.15) is 36.0 Å². The summed E-state index contributed by atoms with van der Waals surface area (Å²) in [6, 6.07) is 6.02. The molecule has 6 heteroatoms. The maximum atomic E-state index is 10.3. The lowest BCUT2D eigenvalue weighted by Crippen LogP contribution is -2.36. The highest BCUT2D eigenvalue weighted by atomic mass is 16.3. The minimum absolute atomic E-state index is 0.197. The van der Waals surface area contributed by atoms with Crippen LogP contribution in [0.15, 0.2) is 24.5 Å². The standard InChI is InChI=1S/C16H19N5O/c1-11-2-3-14(20-13(11)10-17)21-8-4-12(5-9-21)15(22)16-18-6-7-19-16/h2-3,6-7,12,15,22H,4-5,8-9H2,1H3,(H,18,19). The highest BCUT2D eigenvalue weighted by Gasteiger charge is 2.28. The number of aryl methyl sites for hydroxylation is 1. The van der Waals surface area contributed by atoms with Crippen molar-refractivity contribution in [1.29, 1.82) is 5.26 Å². The van der Waals surface area contributed by atoms with Crippen LogP contribution < -0.4 is 4.90 Å². The van der Waals surface area contributed by atoms with Crippen molar-refractivity contribution in [3.8, 4) is 6.07 Å². The van der Waals surface area contributed by atoms with Gasteiger partial charge in [0.1, 0.15) is 29.5 Å². The Kier molecular flexibility index (Phi) is 4.07. The number of anilines is 1. The molecular formula is C16H19N5O. The van der Waals surface area contributed by atoms with Gasteiger partial charge in [-0.25, -0.2) is 9.97 Å². The molecule has 3 heterocycles. The molecule has 0 aromatic carbocycles. The zero-order valence-corrected chi connectivity index (χ0v) is 12.5. The van der Waals surface area contributed by atoms with Crippen molar-refractivity contribution in [2.45, 2.75) is 25.9 Å². The minimum Gasteiger partial charge on any atom is -0.385 e. The number of pyridine rings is 1. The molecule has 1 saturated heterocycles. The lowest BCUT2D eigenvalue weighted by molar-refractivity contribution is 0.0856.